The van der Waals surface area contributed by atoms with Crippen molar-refractivity contribution < 1.29 is 52.2 Å². The summed E-state index contributed by atoms with van der Waals surface area (Å²) in [4.78, 5) is 48.5. The Labute approximate surface area is 440 Å². The third kappa shape index (κ3) is 52.1. The lowest BCUT2D eigenvalue weighted by Gasteiger charge is -2.21. The fourth-order valence-electron chi connectivity index (χ4n) is 7.99. The van der Waals surface area contributed by atoms with Crippen molar-refractivity contribution in [1.82, 2.24) is 0 Å². The molecular weight excluding hydrogens is 928 g/mol. The van der Waals surface area contributed by atoms with Crippen molar-refractivity contribution in [2.75, 3.05) is 26.4 Å². The van der Waals surface area contributed by atoms with Crippen LogP contribution in [0.25, 0.3) is 0 Å². The minimum Gasteiger partial charge on any atom is -0.462 e. The van der Waals surface area contributed by atoms with Crippen molar-refractivity contribution >= 4 is 25.7 Å². The first-order valence-corrected chi connectivity index (χ1v) is 30.7. The molecule has 3 unspecified atom stereocenters. The minimum atomic E-state index is -4.75. The topological polar surface area (TPSA) is 155 Å². The molecule has 0 aromatic carbocycles. The van der Waals surface area contributed by atoms with E-state index >= 15 is 0 Å². The normalized spacial score (nSPS) is 13.8. The number of allylic oxidation sites excluding steroid dienone is 10. The number of carbonyl (C=O) groups excluding carboxylic acids is 3. The summed E-state index contributed by atoms with van der Waals surface area (Å²) >= 11 is 0. The van der Waals surface area contributed by atoms with Crippen molar-refractivity contribution in [2.45, 2.75) is 277 Å². The van der Waals surface area contributed by atoms with Crippen LogP contribution in [0.4, 0.5) is 0 Å². The Kier molecular flexibility index (Phi) is 52.3. The zero-order chi connectivity index (χ0) is 52.7. The van der Waals surface area contributed by atoms with Gasteiger partial charge < -0.3 is 24.2 Å². The molecule has 0 bridgehead atoms. The van der Waals surface area contributed by atoms with Gasteiger partial charge in [-0.2, -0.15) is 0 Å². The van der Waals surface area contributed by atoms with Crippen LogP contribution in [0.15, 0.2) is 60.8 Å². The maximum atomic E-state index is 12.9. The van der Waals surface area contributed by atoms with Gasteiger partial charge in [0.1, 0.15) is 12.7 Å². The molecule has 0 aromatic heterocycles. The van der Waals surface area contributed by atoms with E-state index in [-0.39, 0.29) is 25.9 Å². The van der Waals surface area contributed by atoms with E-state index < -0.39 is 57.8 Å². The molecule has 0 aliphatic heterocycles. The van der Waals surface area contributed by atoms with Gasteiger partial charge in [-0.1, -0.05) is 223 Å². The molecule has 0 aliphatic carbocycles. The fourth-order valence-corrected chi connectivity index (χ4v) is 8.77. The summed E-state index contributed by atoms with van der Waals surface area (Å²) in [6.45, 7) is 4.49. The predicted molar refractivity (Wildman–Crippen MR) is 298 cm³/mol. The SMILES string of the molecule is CC/C=C\C/C=C\C/C=C\CCCCCC(=O)OC(CO)COP(=O)(O)OCC(COC(=O)CCCCCCCCCCCCCCCCC)OC(=O)CCCCCCCCC/C=C\C/C=C\CCCCC. The van der Waals surface area contributed by atoms with Gasteiger partial charge in [0.2, 0.25) is 0 Å². The first kappa shape index (κ1) is 69.2. The number of carbonyl (C=O) groups is 3. The van der Waals surface area contributed by atoms with Gasteiger partial charge in [0, 0.05) is 19.3 Å². The van der Waals surface area contributed by atoms with Crippen molar-refractivity contribution in [1.29, 1.82) is 0 Å². The highest BCUT2D eigenvalue weighted by molar-refractivity contribution is 7.47. The molecular formula is C60H107O11P. The van der Waals surface area contributed by atoms with Crippen LogP contribution in [0.5, 0.6) is 0 Å². The van der Waals surface area contributed by atoms with E-state index in [4.69, 9.17) is 23.3 Å². The second-order valence-electron chi connectivity index (χ2n) is 19.4. The van der Waals surface area contributed by atoms with E-state index in [1.807, 2.05) is 0 Å². The first-order chi connectivity index (χ1) is 35.2. The molecule has 72 heavy (non-hydrogen) atoms. The van der Waals surface area contributed by atoms with Gasteiger partial charge in [0.15, 0.2) is 6.10 Å². The average Bonchev–Trinajstić information content (AvgIpc) is 3.37. The lowest BCUT2D eigenvalue weighted by Crippen LogP contribution is -2.30. The summed E-state index contributed by atoms with van der Waals surface area (Å²) < 4.78 is 39.5. The van der Waals surface area contributed by atoms with Gasteiger partial charge >= 0.3 is 25.7 Å². The van der Waals surface area contributed by atoms with E-state index in [0.29, 0.717) is 19.3 Å². The molecule has 0 amide bonds. The maximum absolute atomic E-state index is 12.9. The zero-order valence-electron chi connectivity index (χ0n) is 46.1. The molecule has 3 atom stereocenters. The Hall–Kier alpha value is -2.82. The number of hydrogen-bond acceptors (Lipinski definition) is 10. The van der Waals surface area contributed by atoms with Crippen LogP contribution < -0.4 is 0 Å². The summed E-state index contributed by atoms with van der Waals surface area (Å²) in [5, 5.41) is 9.80. The lowest BCUT2D eigenvalue weighted by atomic mass is 10.0. The molecule has 0 rings (SSSR count). The van der Waals surface area contributed by atoms with Crippen LogP contribution in [0.1, 0.15) is 265 Å². The maximum Gasteiger partial charge on any atom is 0.472 e. The number of aliphatic hydroxyl groups excluding tert-OH is 1. The number of phosphoric ester groups is 1. The second-order valence-corrected chi connectivity index (χ2v) is 20.9. The number of unbranched alkanes of at least 4 members (excludes halogenated alkanes) is 27. The van der Waals surface area contributed by atoms with Crippen molar-refractivity contribution in [3.63, 3.8) is 0 Å². The molecule has 418 valence electrons. The largest absolute Gasteiger partial charge is 0.472 e. The number of esters is 3. The van der Waals surface area contributed by atoms with Crippen LogP contribution >= 0.6 is 7.82 Å². The molecule has 11 nitrogen and oxygen atoms in total. The number of hydrogen-bond donors (Lipinski definition) is 2. The molecule has 0 radical (unpaired) electrons. The Morgan fingerprint density at radius 1 is 0.403 bits per heavy atom. The molecule has 0 fully saturated rings. The van der Waals surface area contributed by atoms with Gasteiger partial charge in [-0.05, 0) is 83.5 Å². The first-order valence-electron chi connectivity index (χ1n) is 29.2. The molecule has 0 spiro atoms. The zero-order valence-corrected chi connectivity index (χ0v) is 47.0. The number of aliphatic hydroxyl groups is 1. The highest BCUT2D eigenvalue weighted by Gasteiger charge is 2.28. The highest BCUT2D eigenvalue weighted by atomic mass is 31.2. The van der Waals surface area contributed by atoms with Gasteiger partial charge in [0.25, 0.3) is 0 Å². The summed E-state index contributed by atoms with van der Waals surface area (Å²) in [7, 11) is -4.75. The quantitative estimate of drug-likeness (QED) is 0.0197. The predicted octanol–water partition coefficient (Wildman–Crippen LogP) is 17.1. The molecule has 0 heterocycles. The van der Waals surface area contributed by atoms with Crippen LogP contribution in [-0.2, 0) is 42.2 Å². The van der Waals surface area contributed by atoms with Gasteiger partial charge in [-0.15, -0.1) is 0 Å². The fraction of sp³-hybridized carbons (Fsp3) is 0.783. The number of ether oxygens (including phenoxy) is 3. The summed E-state index contributed by atoms with van der Waals surface area (Å²) in [5.41, 5.74) is 0. The van der Waals surface area contributed by atoms with Crippen molar-refractivity contribution in [2.24, 2.45) is 0 Å². The molecule has 12 heteroatoms. The summed E-state index contributed by atoms with van der Waals surface area (Å²) in [6.07, 6.45) is 58.9. The summed E-state index contributed by atoms with van der Waals surface area (Å²) in [6, 6.07) is 0. The van der Waals surface area contributed by atoms with Crippen LogP contribution in [0.2, 0.25) is 0 Å². The van der Waals surface area contributed by atoms with Crippen LogP contribution in [-0.4, -0.2) is 66.5 Å². The van der Waals surface area contributed by atoms with E-state index in [1.165, 1.54) is 109 Å². The Morgan fingerprint density at radius 3 is 1.15 bits per heavy atom. The Bertz CT molecular complexity index is 1440. The Morgan fingerprint density at radius 2 is 0.722 bits per heavy atom. The molecule has 0 aromatic rings. The van der Waals surface area contributed by atoms with E-state index in [2.05, 4.69) is 81.5 Å². The van der Waals surface area contributed by atoms with Crippen molar-refractivity contribution in [3.05, 3.63) is 60.8 Å². The second kappa shape index (κ2) is 54.4. The molecule has 2 N–H and O–H groups in total. The molecule has 0 saturated heterocycles. The highest BCUT2D eigenvalue weighted by Crippen LogP contribution is 2.43. The molecule has 0 saturated carbocycles. The van der Waals surface area contributed by atoms with Crippen LogP contribution in [0.3, 0.4) is 0 Å². The number of phosphoric acid groups is 1. The van der Waals surface area contributed by atoms with Crippen molar-refractivity contribution in [3.8, 4) is 0 Å². The monoisotopic (exact) mass is 1030 g/mol. The third-order valence-corrected chi connectivity index (χ3v) is 13.4. The van der Waals surface area contributed by atoms with Gasteiger partial charge in [-0.25, -0.2) is 4.57 Å². The van der Waals surface area contributed by atoms with E-state index in [1.54, 1.807) is 0 Å². The molecule has 0 aliphatic rings. The van der Waals surface area contributed by atoms with Gasteiger partial charge in [0.05, 0.1) is 19.8 Å². The average molecular weight is 1040 g/mol. The smallest absolute Gasteiger partial charge is 0.462 e. The number of rotatable bonds is 54. The van der Waals surface area contributed by atoms with E-state index in [0.717, 1.165) is 96.3 Å². The Balaban J connectivity index is 4.75. The standard InChI is InChI=1S/C60H107O11P/c1-4-7-10-13-16-19-22-25-27-28-30-33-36-39-42-45-48-51-60(64)71-57(53-67-58(62)49-46-43-40-37-34-32-29-26-23-20-17-14-11-8-5-2)55-69-72(65,66)68-54-56(52-61)70-59(63)50-47-44-41-38-35-31-24-21-18-15-12-9-6-3/h9,12,16,18-19,21,25,27,31,35,56-57,61H,4-8,10-11,13-15,17,20,22-24,26,28-30,32-34,36-55H2,1-3H3,(H,65,66)/b12-9-,19-16-,21-18-,27-25-,35-31-. The van der Waals surface area contributed by atoms with Gasteiger partial charge in [-0.3, -0.25) is 23.4 Å². The third-order valence-electron chi connectivity index (χ3n) is 12.4. The lowest BCUT2D eigenvalue weighted by molar-refractivity contribution is -0.161. The van der Waals surface area contributed by atoms with Crippen LogP contribution in [0, 0.1) is 0 Å². The minimum absolute atomic E-state index is 0.142. The summed E-state index contributed by atoms with van der Waals surface area (Å²) in [5.74, 6) is -1.49. The van der Waals surface area contributed by atoms with E-state index in [9.17, 15) is 28.9 Å².